The molecule has 0 N–H and O–H groups in total. The molecule has 1 aromatic rings. The van der Waals surface area contributed by atoms with Crippen molar-refractivity contribution in [2.24, 2.45) is 0 Å². The summed E-state index contributed by atoms with van der Waals surface area (Å²) in [6.07, 6.45) is 4.83. The minimum absolute atomic E-state index is 0.558. The van der Waals surface area contributed by atoms with Gasteiger partial charge in [-0.05, 0) is 31.5 Å². The zero-order chi connectivity index (χ0) is 13.0. The molecule has 0 radical (unpaired) electrons. The summed E-state index contributed by atoms with van der Waals surface area (Å²) in [4.78, 5) is 19.7. The second-order valence-electron chi connectivity index (χ2n) is 4.84. The van der Waals surface area contributed by atoms with E-state index >= 15 is 0 Å². The van der Waals surface area contributed by atoms with Gasteiger partial charge in [-0.15, -0.1) is 0 Å². The Kier molecular flexibility index (Phi) is 4.31. The molecular weight excluding hydrogens is 226 g/mol. The Labute approximate surface area is 109 Å². The van der Waals surface area contributed by atoms with Gasteiger partial charge in [0.15, 0.2) is 6.29 Å². The Bertz CT molecular complexity index is 383. The second kappa shape index (κ2) is 5.96. The highest BCUT2D eigenvalue weighted by Gasteiger charge is 2.22. The van der Waals surface area contributed by atoms with E-state index in [2.05, 4.69) is 28.8 Å². The van der Waals surface area contributed by atoms with Crippen LogP contribution in [0.15, 0.2) is 18.3 Å². The SMILES string of the molecule is CCN1CCC(N(C)c2ccc(C=O)cn2)CC1. The predicted molar refractivity (Wildman–Crippen MR) is 73.2 cm³/mol. The van der Waals surface area contributed by atoms with Gasteiger partial charge >= 0.3 is 0 Å². The van der Waals surface area contributed by atoms with Gasteiger partial charge < -0.3 is 9.80 Å². The first kappa shape index (κ1) is 13.0. The Morgan fingerprint density at radius 1 is 1.44 bits per heavy atom. The summed E-state index contributed by atoms with van der Waals surface area (Å²) in [5, 5.41) is 0. The second-order valence-corrected chi connectivity index (χ2v) is 4.84. The number of hydrogen-bond acceptors (Lipinski definition) is 4. The molecule has 0 atom stereocenters. The quantitative estimate of drug-likeness (QED) is 0.760. The van der Waals surface area contributed by atoms with Crippen LogP contribution in [0.3, 0.4) is 0 Å². The summed E-state index contributed by atoms with van der Waals surface area (Å²) in [7, 11) is 2.09. The third kappa shape index (κ3) is 2.88. The van der Waals surface area contributed by atoms with Gasteiger partial charge in [0.25, 0.3) is 0 Å². The van der Waals surface area contributed by atoms with Crippen molar-refractivity contribution >= 4 is 12.1 Å². The molecule has 0 saturated carbocycles. The van der Waals surface area contributed by atoms with Gasteiger partial charge in [0.2, 0.25) is 0 Å². The third-order valence-electron chi connectivity index (χ3n) is 3.82. The lowest BCUT2D eigenvalue weighted by atomic mass is 10.0. The molecule has 2 heterocycles. The monoisotopic (exact) mass is 247 g/mol. The standard InChI is InChI=1S/C14H21N3O/c1-3-17-8-6-13(7-9-17)16(2)14-5-4-12(11-18)10-15-14/h4-5,10-11,13H,3,6-9H2,1-2H3. The zero-order valence-electron chi connectivity index (χ0n) is 11.2. The fourth-order valence-corrected chi connectivity index (χ4v) is 2.49. The van der Waals surface area contributed by atoms with E-state index in [0.29, 0.717) is 11.6 Å². The molecule has 18 heavy (non-hydrogen) atoms. The largest absolute Gasteiger partial charge is 0.357 e. The fourth-order valence-electron chi connectivity index (χ4n) is 2.49. The predicted octanol–water partition coefficient (Wildman–Crippen LogP) is 1.81. The van der Waals surface area contributed by atoms with Gasteiger partial charge in [-0.2, -0.15) is 0 Å². The summed E-state index contributed by atoms with van der Waals surface area (Å²) in [6.45, 7) is 5.68. The van der Waals surface area contributed by atoms with Crippen LogP contribution in [0.1, 0.15) is 30.1 Å². The summed E-state index contributed by atoms with van der Waals surface area (Å²) in [6, 6.07) is 4.31. The van der Waals surface area contributed by atoms with Gasteiger partial charge in [0.05, 0.1) is 0 Å². The van der Waals surface area contributed by atoms with E-state index in [-0.39, 0.29) is 0 Å². The number of aromatic nitrogens is 1. The van der Waals surface area contributed by atoms with Crippen LogP contribution >= 0.6 is 0 Å². The van der Waals surface area contributed by atoms with Crippen molar-refractivity contribution in [3.05, 3.63) is 23.9 Å². The van der Waals surface area contributed by atoms with Crippen LogP contribution in [0.2, 0.25) is 0 Å². The topological polar surface area (TPSA) is 36.4 Å². The first-order chi connectivity index (χ1) is 8.74. The molecular formula is C14H21N3O. The first-order valence-corrected chi connectivity index (χ1v) is 6.61. The van der Waals surface area contributed by atoms with E-state index in [0.717, 1.165) is 31.7 Å². The van der Waals surface area contributed by atoms with Crippen LogP contribution < -0.4 is 4.90 Å². The molecule has 1 fully saturated rings. The summed E-state index contributed by atoms with van der Waals surface area (Å²) in [5.41, 5.74) is 0.632. The molecule has 0 spiro atoms. The number of nitrogens with zero attached hydrogens (tertiary/aromatic N) is 3. The molecule has 4 nitrogen and oxygen atoms in total. The van der Waals surface area contributed by atoms with Gasteiger partial charge in [0, 0.05) is 37.9 Å². The van der Waals surface area contributed by atoms with Gasteiger partial charge in [-0.1, -0.05) is 6.92 Å². The Morgan fingerprint density at radius 2 is 2.17 bits per heavy atom. The van der Waals surface area contributed by atoms with E-state index in [1.807, 2.05) is 12.1 Å². The van der Waals surface area contributed by atoms with E-state index in [9.17, 15) is 4.79 Å². The highest BCUT2D eigenvalue weighted by molar-refractivity contribution is 5.74. The highest BCUT2D eigenvalue weighted by atomic mass is 16.1. The van der Waals surface area contributed by atoms with Crippen LogP contribution in [0.5, 0.6) is 0 Å². The van der Waals surface area contributed by atoms with Crippen molar-refractivity contribution in [3.8, 4) is 0 Å². The summed E-state index contributed by atoms with van der Waals surface area (Å²) < 4.78 is 0. The molecule has 0 aromatic carbocycles. The third-order valence-corrected chi connectivity index (χ3v) is 3.82. The summed E-state index contributed by atoms with van der Waals surface area (Å²) in [5.74, 6) is 0.954. The van der Waals surface area contributed by atoms with Crippen molar-refractivity contribution in [1.29, 1.82) is 0 Å². The Hall–Kier alpha value is -1.42. The Balaban J connectivity index is 1.98. The number of aldehydes is 1. The molecule has 0 bridgehead atoms. The molecule has 1 aliphatic heterocycles. The van der Waals surface area contributed by atoms with Crippen molar-refractivity contribution in [1.82, 2.24) is 9.88 Å². The molecule has 1 saturated heterocycles. The highest BCUT2D eigenvalue weighted by Crippen LogP contribution is 2.20. The smallest absolute Gasteiger partial charge is 0.151 e. The molecule has 0 aliphatic carbocycles. The van der Waals surface area contributed by atoms with E-state index in [4.69, 9.17) is 0 Å². The molecule has 1 aromatic heterocycles. The van der Waals surface area contributed by atoms with E-state index < -0.39 is 0 Å². The number of anilines is 1. The van der Waals surface area contributed by atoms with Crippen LogP contribution in [0.25, 0.3) is 0 Å². The van der Waals surface area contributed by atoms with Crippen LogP contribution in [-0.4, -0.2) is 48.9 Å². The minimum Gasteiger partial charge on any atom is -0.357 e. The molecule has 4 heteroatoms. The number of hydrogen-bond donors (Lipinski definition) is 0. The molecule has 1 aliphatic rings. The van der Waals surface area contributed by atoms with Gasteiger partial charge in [-0.25, -0.2) is 4.98 Å². The fraction of sp³-hybridized carbons (Fsp3) is 0.571. The maximum absolute atomic E-state index is 10.6. The average Bonchev–Trinajstić information content (AvgIpc) is 2.47. The maximum Gasteiger partial charge on any atom is 0.151 e. The van der Waals surface area contributed by atoms with Gasteiger partial charge in [0.1, 0.15) is 5.82 Å². The van der Waals surface area contributed by atoms with Gasteiger partial charge in [-0.3, -0.25) is 4.79 Å². The number of pyridine rings is 1. The van der Waals surface area contributed by atoms with Crippen molar-refractivity contribution in [3.63, 3.8) is 0 Å². The molecule has 2 rings (SSSR count). The number of carbonyl (C=O) groups is 1. The normalized spacial score (nSPS) is 17.7. The summed E-state index contributed by atoms with van der Waals surface area (Å²) >= 11 is 0. The first-order valence-electron chi connectivity index (χ1n) is 6.61. The number of rotatable bonds is 4. The lowest BCUT2D eigenvalue weighted by Crippen LogP contribution is -2.43. The number of likely N-dealkylation sites (tertiary alicyclic amines) is 1. The average molecular weight is 247 g/mol. The molecule has 98 valence electrons. The molecule has 0 unspecified atom stereocenters. The lowest BCUT2D eigenvalue weighted by Gasteiger charge is -2.36. The number of piperidine rings is 1. The van der Waals surface area contributed by atoms with E-state index in [1.54, 1.807) is 6.20 Å². The van der Waals surface area contributed by atoms with E-state index in [1.165, 1.54) is 12.8 Å². The Morgan fingerprint density at radius 3 is 2.67 bits per heavy atom. The number of carbonyl (C=O) groups excluding carboxylic acids is 1. The zero-order valence-corrected chi connectivity index (χ0v) is 11.2. The van der Waals surface area contributed by atoms with Crippen LogP contribution in [0.4, 0.5) is 5.82 Å². The molecule has 0 amide bonds. The maximum atomic E-state index is 10.6. The van der Waals surface area contributed by atoms with Crippen molar-refractivity contribution < 1.29 is 4.79 Å². The minimum atomic E-state index is 0.558. The van der Waals surface area contributed by atoms with Crippen molar-refractivity contribution in [2.75, 3.05) is 31.6 Å². The van der Waals surface area contributed by atoms with Crippen LogP contribution in [0, 0.1) is 0 Å². The van der Waals surface area contributed by atoms with Crippen molar-refractivity contribution in [2.45, 2.75) is 25.8 Å². The lowest BCUT2D eigenvalue weighted by molar-refractivity contribution is 0.112. The van der Waals surface area contributed by atoms with Crippen LogP contribution in [-0.2, 0) is 0 Å².